The van der Waals surface area contributed by atoms with Gasteiger partial charge in [0.1, 0.15) is 11.7 Å². The molecular formula is C25H30Cl2N4O3S. The number of benzene rings is 2. The van der Waals surface area contributed by atoms with Crippen molar-refractivity contribution in [3.05, 3.63) is 63.6 Å². The van der Waals surface area contributed by atoms with Gasteiger partial charge in [-0.15, -0.1) is 0 Å². The van der Waals surface area contributed by atoms with Crippen LogP contribution >= 0.6 is 23.2 Å². The number of sulfone groups is 1. The molecule has 0 spiro atoms. The predicted octanol–water partition coefficient (Wildman–Crippen LogP) is 3.68. The minimum atomic E-state index is -3.62. The molecule has 1 saturated carbocycles. The summed E-state index contributed by atoms with van der Waals surface area (Å²) in [6.45, 7) is 2.81. The first-order chi connectivity index (χ1) is 16.8. The fraction of sp³-hybridized carbons (Fsp3) is 0.440. The van der Waals surface area contributed by atoms with Crippen LogP contribution in [0.3, 0.4) is 0 Å². The predicted molar refractivity (Wildman–Crippen MR) is 140 cm³/mol. The lowest BCUT2D eigenvalue weighted by Crippen LogP contribution is -2.35. The van der Waals surface area contributed by atoms with Gasteiger partial charge >= 0.3 is 0 Å². The van der Waals surface area contributed by atoms with Crippen molar-refractivity contribution < 1.29 is 13.2 Å². The van der Waals surface area contributed by atoms with Crippen molar-refractivity contribution in [1.29, 1.82) is 0 Å². The van der Waals surface area contributed by atoms with Crippen LogP contribution in [0.25, 0.3) is 0 Å². The van der Waals surface area contributed by atoms with E-state index in [0.29, 0.717) is 32.0 Å². The Kier molecular flexibility index (Phi) is 8.70. The van der Waals surface area contributed by atoms with Crippen molar-refractivity contribution in [2.24, 2.45) is 4.99 Å². The van der Waals surface area contributed by atoms with Crippen LogP contribution in [-0.2, 0) is 21.1 Å². The average Bonchev–Trinajstić information content (AvgIpc) is 3.52. The lowest BCUT2D eigenvalue weighted by molar-refractivity contribution is -0.131. The largest absolute Gasteiger partial charge is 0.368 e. The maximum absolute atomic E-state index is 12.9. The molecule has 2 N–H and O–H groups in total. The van der Waals surface area contributed by atoms with Crippen LogP contribution in [0.1, 0.15) is 36.8 Å². The molecule has 1 aliphatic carbocycles. The first-order valence-electron chi connectivity index (χ1n) is 11.9. The third-order valence-corrected chi connectivity index (χ3v) is 8.66. The van der Waals surface area contributed by atoms with E-state index < -0.39 is 9.84 Å². The molecule has 0 saturated heterocycles. The third-order valence-electron chi connectivity index (χ3n) is 6.14. The van der Waals surface area contributed by atoms with E-state index in [9.17, 15) is 13.2 Å². The lowest BCUT2D eigenvalue weighted by atomic mass is 10.1. The molecule has 0 radical (unpaired) electrons. The van der Waals surface area contributed by atoms with E-state index in [2.05, 4.69) is 39.9 Å². The maximum atomic E-state index is 12.9. The Morgan fingerprint density at radius 3 is 2.60 bits per heavy atom. The molecule has 188 valence electrons. The Bertz CT molecular complexity index is 1180. The van der Waals surface area contributed by atoms with Gasteiger partial charge in [0, 0.05) is 31.1 Å². The normalized spacial score (nSPS) is 15.5. The number of carbonyl (C=O) groups excluding carboxylic acids is 1. The number of hydrogen-bond donors (Lipinski definition) is 2. The summed E-state index contributed by atoms with van der Waals surface area (Å²) in [6, 6.07) is 13.2. The van der Waals surface area contributed by atoms with Gasteiger partial charge in [0.15, 0.2) is 9.84 Å². The van der Waals surface area contributed by atoms with E-state index in [0.717, 1.165) is 43.8 Å². The van der Waals surface area contributed by atoms with E-state index >= 15 is 0 Å². The van der Waals surface area contributed by atoms with Crippen LogP contribution in [0.4, 0.5) is 0 Å². The topological polar surface area (TPSA) is 90.9 Å². The first-order valence-corrected chi connectivity index (χ1v) is 14.3. The van der Waals surface area contributed by atoms with Gasteiger partial charge in [-0.05, 0) is 49.9 Å². The Morgan fingerprint density at radius 2 is 1.91 bits per heavy atom. The molecule has 4 rings (SSSR count). The van der Waals surface area contributed by atoms with Crippen LogP contribution in [0.2, 0.25) is 10.0 Å². The van der Waals surface area contributed by atoms with E-state index in [1.807, 2.05) is 4.90 Å². The van der Waals surface area contributed by atoms with Gasteiger partial charge in [-0.2, -0.15) is 0 Å². The zero-order valence-electron chi connectivity index (χ0n) is 19.5. The Labute approximate surface area is 216 Å². The summed E-state index contributed by atoms with van der Waals surface area (Å²) in [5, 5.41) is 6.43. The number of rotatable bonds is 12. The molecule has 10 heteroatoms. The molecule has 1 aliphatic heterocycles. The number of nitrogens with one attached hydrogen (secondary N) is 2. The van der Waals surface area contributed by atoms with Crippen molar-refractivity contribution in [1.82, 2.24) is 15.5 Å². The van der Waals surface area contributed by atoms with Crippen LogP contribution in [-0.4, -0.2) is 63.2 Å². The Morgan fingerprint density at radius 1 is 1.14 bits per heavy atom. The number of amides is 1. The molecule has 0 aromatic heterocycles. The lowest BCUT2D eigenvalue weighted by Gasteiger charge is -2.22. The molecule has 0 unspecified atom stereocenters. The number of nitrogens with zero attached hydrogens (tertiary/aromatic N) is 2. The van der Waals surface area contributed by atoms with Gasteiger partial charge in [0.05, 0.1) is 21.5 Å². The van der Waals surface area contributed by atoms with Gasteiger partial charge in [-0.1, -0.05) is 53.5 Å². The van der Waals surface area contributed by atoms with Crippen LogP contribution in [0.5, 0.6) is 0 Å². The standard InChI is InChI=1S/C25H30Cl2N4O3S/c26-21-3-1-4-22(24(21)27)35(33,34)17-28-13-2-5-23(32)31(20-10-11-20)16-12-18-6-8-19(9-7-18)25-29-14-15-30-25/h1,3-4,6-9,20,28H,2,5,10-17H2,(H,29,30). The second-order valence-electron chi connectivity index (χ2n) is 8.84. The number of amidine groups is 1. The van der Waals surface area contributed by atoms with Gasteiger partial charge in [0.25, 0.3) is 0 Å². The van der Waals surface area contributed by atoms with Gasteiger partial charge in [-0.3, -0.25) is 9.79 Å². The molecule has 1 heterocycles. The summed E-state index contributed by atoms with van der Waals surface area (Å²) in [4.78, 5) is 19.3. The monoisotopic (exact) mass is 536 g/mol. The number of carbonyl (C=O) groups is 1. The van der Waals surface area contributed by atoms with Crippen molar-refractivity contribution in [3.63, 3.8) is 0 Å². The zero-order chi connectivity index (χ0) is 24.8. The van der Waals surface area contributed by atoms with Crippen molar-refractivity contribution in [2.45, 2.75) is 43.0 Å². The number of aliphatic imine (C=N–C) groups is 1. The Balaban J connectivity index is 1.21. The number of hydrogen-bond acceptors (Lipinski definition) is 6. The summed E-state index contributed by atoms with van der Waals surface area (Å²) in [5.74, 6) is 0.811. The first kappa shape index (κ1) is 25.9. The van der Waals surface area contributed by atoms with E-state index in [4.69, 9.17) is 23.2 Å². The smallest absolute Gasteiger partial charge is 0.222 e. The minimum Gasteiger partial charge on any atom is -0.368 e. The molecule has 2 aromatic carbocycles. The summed E-state index contributed by atoms with van der Waals surface area (Å²) in [7, 11) is -3.62. The summed E-state index contributed by atoms with van der Waals surface area (Å²) < 4.78 is 25.1. The fourth-order valence-corrected chi connectivity index (χ4v) is 6.03. The molecule has 7 nitrogen and oxygen atoms in total. The molecule has 2 aromatic rings. The molecular weight excluding hydrogens is 507 g/mol. The van der Waals surface area contributed by atoms with Crippen LogP contribution in [0, 0.1) is 0 Å². The summed E-state index contributed by atoms with van der Waals surface area (Å²) >= 11 is 12.0. The van der Waals surface area contributed by atoms with E-state index in [-0.39, 0.29) is 26.7 Å². The number of halogens is 2. The molecule has 0 atom stereocenters. The highest BCUT2D eigenvalue weighted by atomic mass is 35.5. The molecule has 2 aliphatic rings. The molecule has 1 amide bonds. The molecule has 0 bridgehead atoms. The molecule has 35 heavy (non-hydrogen) atoms. The van der Waals surface area contributed by atoms with Gasteiger partial charge in [0.2, 0.25) is 5.91 Å². The second-order valence-corrected chi connectivity index (χ2v) is 11.6. The van der Waals surface area contributed by atoms with Crippen molar-refractivity contribution in [3.8, 4) is 0 Å². The highest BCUT2D eigenvalue weighted by molar-refractivity contribution is 7.91. The van der Waals surface area contributed by atoms with Gasteiger partial charge in [-0.25, -0.2) is 8.42 Å². The highest BCUT2D eigenvalue weighted by Crippen LogP contribution is 2.29. The van der Waals surface area contributed by atoms with Crippen LogP contribution < -0.4 is 10.6 Å². The quantitative estimate of drug-likeness (QED) is 0.404. The third kappa shape index (κ3) is 6.97. The Hall–Kier alpha value is -2.13. The summed E-state index contributed by atoms with van der Waals surface area (Å²) in [6.07, 6.45) is 3.84. The second kappa shape index (κ2) is 11.7. The minimum absolute atomic E-state index is 0.00989. The fourth-order valence-electron chi connectivity index (χ4n) is 4.08. The highest BCUT2D eigenvalue weighted by Gasteiger charge is 2.31. The summed E-state index contributed by atoms with van der Waals surface area (Å²) in [5.41, 5.74) is 2.28. The zero-order valence-corrected chi connectivity index (χ0v) is 21.8. The van der Waals surface area contributed by atoms with Gasteiger partial charge < -0.3 is 15.5 Å². The van der Waals surface area contributed by atoms with E-state index in [1.54, 1.807) is 12.1 Å². The maximum Gasteiger partial charge on any atom is 0.222 e. The van der Waals surface area contributed by atoms with E-state index in [1.165, 1.54) is 11.6 Å². The SMILES string of the molecule is O=C(CCCNCS(=O)(=O)c1cccc(Cl)c1Cl)N(CCc1ccc(C2=NCCN2)cc1)C1CC1. The van der Waals surface area contributed by atoms with Crippen LogP contribution in [0.15, 0.2) is 52.4 Å². The average molecular weight is 538 g/mol. The molecule has 1 fully saturated rings. The van der Waals surface area contributed by atoms with Crippen molar-refractivity contribution >= 4 is 44.8 Å². The van der Waals surface area contributed by atoms with Crippen molar-refractivity contribution in [2.75, 3.05) is 32.1 Å².